The number of imidazole rings is 1. The van der Waals surface area contributed by atoms with Crippen LogP contribution in [0, 0.1) is 5.92 Å². The van der Waals surface area contributed by atoms with Gasteiger partial charge in [-0.05, 0) is 33.6 Å². The molecule has 118 valence electrons. The molecule has 21 heavy (non-hydrogen) atoms. The number of rotatable bonds is 2. The van der Waals surface area contributed by atoms with Crippen molar-refractivity contribution >= 4 is 6.09 Å². The number of aryl methyl sites for hydroxylation is 1. The van der Waals surface area contributed by atoms with Gasteiger partial charge in [0.25, 0.3) is 0 Å². The average Bonchev–Trinajstić information content (AvgIpc) is 2.82. The molecule has 0 spiro atoms. The third-order valence-corrected chi connectivity index (χ3v) is 3.68. The number of likely N-dealkylation sites (tertiary alicyclic amines) is 1. The minimum absolute atomic E-state index is 0.00707. The van der Waals surface area contributed by atoms with Gasteiger partial charge in [-0.3, -0.25) is 0 Å². The van der Waals surface area contributed by atoms with Crippen molar-refractivity contribution in [2.45, 2.75) is 45.3 Å². The molecule has 6 heteroatoms. The predicted octanol–water partition coefficient (Wildman–Crippen LogP) is 2.10. The fourth-order valence-electron chi connectivity index (χ4n) is 2.63. The van der Waals surface area contributed by atoms with Gasteiger partial charge < -0.3 is 19.3 Å². The number of aliphatic hydroxyl groups is 1. The van der Waals surface area contributed by atoms with E-state index in [1.165, 1.54) is 0 Å². The number of ether oxygens (including phenoxy) is 1. The number of amides is 1. The highest BCUT2D eigenvalue weighted by Gasteiger charge is 2.32. The molecule has 0 bridgehead atoms. The molecule has 2 atom stereocenters. The molecule has 1 amide bonds. The van der Waals surface area contributed by atoms with E-state index < -0.39 is 11.7 Å². The molecule has 0 aliphatic carbocycles. The first-order valence-electron chi connectivity index (χ1n) is 7.41. The van der Waals surface area contributed by atoms with Crippen molar-refractivity contribution in [2.24, 2.45) is 13.0 Å². The molecule has 0 unspecified atom stereocenters. The van der Waals surface area contributed by atoms with Crippen LogP contribution in [0.3, 0.4) is 0 Å². The van der Waals surface area contributed by atoms with Crippen LogP contribution in [-0.4, -0.2) is 44.3 Å². The molecular weight excluding hydrogens is 270 g/mol. The van der Waals surface area contributed by atoms with Crippen LogP contribution in [0.2, 0.25) is 0 Å². The average molecular weight is 295 g/mol. The summed E-state index contributed by atoms with van der Waals surface area (Å²) >= 11 is 0. The number of aliphatic hydroxyl groups excluding tert-OH is 1. The Kier molecular flexibility index (Phi) is 4.56. The van der Waals surface area contributed by atoms with E-state index in [1.807, 2.05) is 38.6 Å². The summed E-state index contributed by atoms with van der Waals surface area (Å²) in [7, 11) is 1.86. The molecule has 0 radical (unpaired) electrons. The molecule has 6 nitrogen and oxygen atoms in total. The summed E-state index contributed by atoms with van der Waals surface area (Å²) in [5, 5.41) is 10.5. The van der Waals surface area contributed by atoms with E-state index in [0.29, 0.717) is 18.9 Å². The van der Waals surface area contributed by atoms with Crippen LogP contribution in [0.15, 0.2) is 12.4 Å². The summed E-state index contributed by atoms with van der Waals surface area (Å²) in [5.41, 5.74) is -0.498. The zero-order valence-corrected chi connectivity index (χ0v) is 13.2. The van der Waals surface area contributed by atoms with Crippen molar-refractivity contribution in [1.82, 2.24) is 14.5 Å². The summed E-state index contributed by atoms with van der Waals surface area (Å²) in [4.78, 5) is 18.0. The van der Waals surface area contributed by atoms with E-state index in [0.717, 1.165) is 12.8 Å². The largest absolute Gasteiger partial charge is 0.444 e. The van der Waals surface area contributed by atoms with Crippen molar-refractivity contribution in [3.63, 3.8) is 0 Å². The van der Waals surface area contributed by atoms with Gasteiger partial charge in [-0.2, -0.15) is 0 Å². The molecule has 1 saturated heterocycles. The Labute approximate surface area is 125 Å². The first-order valence-corrected chi connectivity index (χ1v) is 7.41. The minimum Gasteiger partial charge on any atom is -0.444 e. The predicted molar refractivity (Wildman–Crippen MR) is 78.7 cm³/mol. The summed E-state index contributed by atoms with van der Waals surface area (Å²) in [6.07, 6.45) is 4.27. The SMILES string of the molecule is Cn1ccnc1[C@H](O)[C@H]1CCCN(C(=O)OC(C)(C)C)C1. The number of aromatic nitrogens is 2. The third-order valence-electron chi connectivity index (χ3n) is 3.68. The fraction of sp³-hybridized carbons (Fsp3) is 0.733. The highest BCUT2D eigenvalue weighted by Crippen LogP contribution is 2.29. The lowest BCUT2D eigenvalue weighted by atomic mass is 9.92. The van der Waals surface area contributed by atoms with Crippen molar-refractivity contribution in [3.05, 3.63) is 18.2 Å². The standard InChI is InChI=1S/C15H25N3O3/c1-15(2,3)21-14(20)18-8-5-6-11(10-18)12(19)13-16-7-9-17(13)4/h7,9,11-12,19H,5-6,8,10H2,1-4H3/t11-,12+/m0/s1. The first-order chi connectivity index (χ1) is 9.78. The van der Waals surface area contributed by atoms with Crippen molar-refractivity contribution in [2.75, 3.05) is 13.1 Å². The van der Waals surface area contributed by atoms with Crippen molar-refractivity contribution in [1.29, 1.82) is 0 Å². The number of nitrogens with zero attached hydrogens (tertiary/aromatic N) is 3. The molecule has 1 fully saturated rings. The van der Waals surface area contributed by atoms with E-state index in [2.05, 4.69) is 4.98 Å². The quantitative estimate of drug-likeness (QED) is 0.907. The maximum absolute atomic E-state index is 12.1. The van der Waals surface area contributed by atoms with E-state index >= 15 is 0 Å². The van der Waals surface area contributed by atoms with Crippen LogP contribution in [0.5, 0.6) is 0 Å². The molecule has 2 rings (SSSR count). The van der Waals surface area contributed by atoms with Crippen LogP contribution in [0.4, 0.5) is 4.79 Å². The van der Waals surface area contributed by atoms with Gasteiger partial charge in [0, 0.05) is 38.4 Å². The summed E-state index contributed by atoms with van der Waals surface area (Å²) < 4.78 is 7.22. The van der Waals surface area contributed by atoms with Crippen LogP contribution in [0.25, 0.3) is 0 Å². The Morgan fingerprint density at radius 3 is 2.81 bits per heavy atom. The number of carbonyl (C=O) groups excluding carboxylic acids is 1. The van der Waals surface area contributed by atoms with Gasteiger partial charge in [0.15, 0.2) is 0 Å². The van der Waals surface area contributed by atoms with Gasteiger partial charge in [0.05, 0.1) is 0 Å². The lowest BCUT2D eigenvalue weighted by Crippen LogP contribution is -2.44. The van der Waals surface area contributed by atoms with Crippen LogP contribution >= 0.6 is 0 Å². The molecule has 1 N–H and O–H groups in total. The van der Waals surface area contributed by atoms with Gasteiger partial charge in [0.1, 0.15) is 17.5 Å². The van der Waals surface area contributed by atoms with Crippen molar-refractivity contribution in [3.8, 4) is 0 Å². The van der Waals surface area contributed by atoms with Crippen LogP contribution in [-0.2, 0) is 11.8 Å². The third kappa shape index (κ3) is 3.97. The van der Waals surface area contributed by atoms with Crippen molar-refractivity contribution < 1.29 is 14.6 Å². The smallest absolute Gasteiger partial charge is 0.410 e. The zero-order valence-electron chi connectivity index (χ0n) is 13.2. The monoisotopic (exact) mass is 295 g/mol. The topological polar surface area (TPSA) is 67.6 Å². The second-order valence-electron chi connectivity index (χ2n) is 6.67. The normalized spacial score (nSPS) is 21.2. The number of carbonyl (C=O) groups is 1. The molecule has 1 aliphatic rings. The number of hydrogen-bond donors (Lipinski definition) is 1. The fourth-order valence-corrected chi connectivity index (χ4v) is 2.63. The molecule has 1 aromatic heterocycles. The second kappa shape index (κ2) is 6.05. The van der Waals surface area contributed by atoms with E-state index in [1.54, 1.807) is 11.1 Å². The van der Waals surface area contributed by atoms with Gasteiger partial charge in [-0.25, -0.2) is 9.78 Å². The van der Waals surface area contributed by atoms with Crippen LogP contribution < -0.4 is 0 Å². The molecular formula is C15H25N3O3. The van der Waals surface area contributed by atoms with Gasteiger partial charge in [-0.1, -0.05) is 0 Å². The maximum Gasteiger partial charge on any atom is 0.410 e. The Hall–Kier alpha value is -1.56. The lowest BCUT2D eigenvalue weighted by Gasteiger charge is -2.35. The summed E-state index contributed by atoms with van der Waals surface area (Å²) in [5.74, 6) is 0.637. The maximum atomic E-state index is 12.1. The van der Waals surface area contributed by atoms with E-state index in [9.17, 15) is 9.90 Å². The molecule has 2 heterocycles. The number of piperidine rings is 1. The zero-order chi connectivity index (χ0) is 15.6. The summed E-state index contributed by atoms with van der Waals surface area (Å²) in [6, 6.07) is 0. The van der Waals surface area contributed by atoms with Gasteiger partial charge in [0.2, 0.25) is 0 Å². The molecule has 0 saturated carbocycles. The lowest BCUT2D eigenvalue weighted by molar-refractivity contribution is 0.000567. The second-order valence-corrected chi connectivity index (χ2v) is 6.67. The number of hydrogen-bond acceptors (Lipinski definition) is 4. The van der Waals surface area contributed by atoms with E-state index in [4.69, 9.17) is 4.74 Å². The highest BCUT2D eigenvalue weighted by atomic mass is 16.6. The first kappa shape index (κ1) is 15.8. The highest BCUT2D eigenvalue weighted by molar-refractivity contribution is 5.68. The van der Waals surface area contributed by atoms with Gasteiger partial charge in [-0.15, -0.1) is 0 Å². The Morgan fingerprint density at radius 2 is 2.24 bits per heavy atom. The summed E-state index contributed by atoms with van der Waals surface area (Å²) in [6.45, 7) is 6.75. The van der Waals surface area contributed by atoms with E-state index in [-0.39, 0.29) is 12.0 Å². The Morgan fingerprint density at radius 1 is 1.52 bits per heavy atom. The molecule has 0 aromatic carbocycles. The molecule has 1 aliphatic heterocycles. The Bertz CT molecular complexity index is 493. The minimum atomic E-state index is -0.657. The Balaban J connectivity index is 2.01. The van der Waals surface area contributed by atoms with Crippen LogP contribution in [0.1, 0.15) is 45.5 Å². The molecule has 1 aromatic rings. The van der Waals surface area contributed by atoms with Gasteiger partial charge >= 0.3 is 6.09 Å².